The average Bonchev–Trinajstić information content (AvgIpc) is 2.30. The predicted molar refractivity (Wildman–Crippen MR) is 68.6 cm³/mol. The lowest BCUT2D eigenvalue weighted by molar-refractivity contribution is 0.0364. The molecular weight excluding hydrogens is 214 g/mol. The number of piperazine rings is 1. The predicted octanol–water partition coefficient (Wildman–Crippen LogP) is 1.07. The molecule has 0 aromatic carbocycles. The Hall–Kier alpha value is -0.630. The van der Waals surface area contributed by atoms with Crippen LogP contribution in [0.4, 0.5) is 0 Å². The molecule has 1 rings (SSSR count). The van der Waals surface area contributed by atoms with Gasteiger partial charge in [-0.3, -0.25) is 4.90 Å². The number of hydrogen-bond acceptors (Lipinski definition) is 4. The normalized spacial score (nSPS) is 24.5. The number of aliphatic hydroxyl groups is 1. The summed E-state index contributed by atoms with van der Waals surface area (Å²) in [7, 11) is 0. The van der Waals surface area contributed by atoms with Gasteiger partial charge in [0.05, 0.1) is 12.2 Å². The number of aliphatic hydroxyl groups excluding tert-OH is 1. The van der Waals surface area contributed by atoms with E-state index in [9.17, 15) is 5.11 Å². The third-order valence-electron chi connectivity index (χ3n) is 3.42. The van der Waals surface area contributed by atoms with Crippen molar-refractivity contribution in [1.29, 1.82) is 5.26 Å². The van der Waals surface area contributed by atoms with E-state index in [0.29, 0.717) is 12.5 Å². The monoisotopic (exact) mass is 239 g/mol. The Morgan fingerprint density at radius 2 is 2.24 bits per heavy atom. The molecule has 0 spiro atoms. The zero-order chi connectivity index (χ0) is 12.7. The second kappa shape index (κ2) is 7.65. The molecule has 4 heteroatoms. The lowest BCUT2D eigenvalue weighted by Crippen LogP contribution is -2.54. The van der Waals surface area contributed by atoms with Crippen LogP contribution in [0.15, 0.2) is 0 Å². The number of hydrogen-bond donors (Lipinski definition) is 1. The first-order valence-electron chi connectivity index (χ1n) is 6.68. The van der Waals surface area contributed by atoms with Gasteiger partial charge < -0.3 is 10.0 Å². The first kappa shape index (κ1) is 14.4. The smallest absolute Gasteiger partial charge is 0.0639 e. The number of nitrogens with zero attached hydrogens (tertiary/aromatic N) is 3. The van der Waals surface area contributed by atoms with Crippen molar-refractivity contribution in [2.45, 2.75) is 45.3 Å². The largest absolute Gasteiger partial charge is 0.392 e. The molecule has 0 aliphatic carbocycles. The zero-order valence-corrected chi connectivity index (χ0v) is 11.1. The minimum atomic E-state index is -0.241. The van der Waals surface area contributed by atoms with Crippen LogP contribution in [-0.4, -0.2) is 59.8 Å². The minimum absolute atomic E-state index is 0.241. The molecule has 17 heavy (non-hydrogen) atoms. The molecule has 0 saturated carbocycles. The number of unbranched alkanes of at least 4 members (excludes halogenated alkanes) is 1. The molecule has 4 nitrogen and oxygen atoms in total. The SMILES string of the molecule is CC[C@@H]1CN(CCCC#N)CCN1C[C@@H](C)O. The highest BCUT2D eigenvalue weighted by Gasteiger charge is 2.25. The highest BCUT2D eigenvalue weighted by molar-refractivity contribution is 4.82. The topological polar surface area (TPSA) is 50.5 Å². The van der Waals surface area contributed by atoms with E-state index in [0.717, 1.165) is 45.6 Å². The maximum atomic E-state index is 9.47. The minimum Gasteiger partial charge on any atom is -0.392 e. The molecule has 0 aromatic rings. The van der Waals surface area contributed by atoms with Gasteiger partial charge >= 0.3 is 0 Å². The quantitative estimate of drug-likeness (QED) is 0.704. The van der Waals surface area contributed by atoms with E-state index >= 15 is 0 Å². The van der Waals surface area contributed by atoms with Gasteiger partial charge in [-0.15, -0.1) is 0 Å². The summed E-state index contributed by atoms with van der Waals surface area (Å²) in [6, 6.07) is 2.75. The van der Waals surface area contributed by atoms with E-state index in [4.69, 9.17) is 5.26 Å². The second-order valence-electron chi connectivity index (χ2n) is 4.97. The summed E-state index contributed by atoms with van der Waals surface area (Å²) in [5, 5.41) is 18.0. The summed E-state index contributed by atoms with van der Waals surface area (Å²) in [4.78, 5) is 4.84. The first-order chi connectivity index (χ1) is 8.17. The van der Waals surface area contributed by atoms with E-state index in [-0.39, 0.29) is 6.10 Å². The molecule has 1 fully saturated rings. The van der Waals surface area contributed by atoms with Crippen molar-refractivity contribution in [3.63, 3.8) is 0 Å². The summed E-state index contributed by atoms with van der Waals surface area (Å²) >= 11 is 0. The highest BCUT2D eigenvalue weighted by atomic mass is 16.3. The molecule has 1 saturated heterocycles. The Balaban J connectivity index is 2.35. The van der Waals surface area contributed by atoms with Gasteiger partial charge in [-0.1, -0.05) is 6.92 Å². The summed E-state index contributed by atoms with van der Waals surface area (Å²) in [6.07, 6.45) is 2.52. The van der Waals surface area contributed by atoms with Gasteiger partial charge in [0.2, 0.25) is 0 Å². The van der Waals surface area contributed by atoms with Crippen LogP contribution in [0, 0.1) is 11.3 Å². The van der Waals surface area contributed by atoms with Gasteiger partial charge in [-0.05, 0) is 26.3 Å². The standard InChI is InChI=1S/C13H25N3O/c1-3-13-11-15(7-5-4-6-14)8-9-16(13)10-12(2)17/h12-13,17H,3-5,7-11H2,1-2H3/t12-,13-/m1/s1. The molecule has 0 unspecified atom stereocenters. The maximum absolute atomic E-state index is 9.47. The van der Waals surface area contributed by atoms with Gasteiger partial charge in [-0.25, -0.2) is 0 Å². The number of β-amino-alcohol motifs (C(OH)–C–C–N with tert-alkyl or cyclic N) is 1. The summed E-state index contributed by atoms with van der Waals surface area (Å²) < 4.78 is 0. The molecule has 0 amide bonds. The van der Waals surface area contributed by atoms with Crippen LogP contribution in [0.1, 0.15) is 33.1 Å². The average molecular weight is 239 g/mol. The fourth-order valence-corrected chi connectivity index (χ4v) is 2.51. The molecule has 1 aliphatic rings. The molecule has 0 bridgehead atoms. The van der Waals surface area contributed by atoms with E-state index in [1.54, 1.807) is 0 Å². The molecule has 0 radical (unpaired) electrons. The maximum Gasteiger partial charge on any atom is 0.0639 e. The Labute approximate surface area is 105 Å². The van der Waals surface area contributed by atoms with Gasteiger partial charge in [0.15, 0.2) is 0 Å². The molecule has 1 N–H and O–H groups in total. The number of nitriles is 1. The number of rotatable bonds is 6. The summed E-state index contributed by atoms with van der Waals surface area (Å²) in [5.74, 6) is 0. The second-order valence-corrected chi connectivity index (χ2v) is 4.97. The van der Waals surface area contributed by atoms with E-state index in [1.807, 2.05) is 6.92 Å². The van der Waals surface area contributed by atoms with Crippen molar-refractivity contribution in [3.05, 3.63) is 0 Å². The van der Waals surface area contributed by atoms with Crippen molar-refractivity contribution in [3.8, 4) is 6.07 Å². The zero-order valence-electron chi connectivity index (χ0n) is 11.1. The van der Waals surface area contributed by atoms with Crippen molar-refractivity contribution in [2.24, 2.45) is 0 Å². The van der Waals surface area contributed by atoms with Crippen LogP contribution >= 0.6 is 0 Å². The van der Waals surface area contributed by atoms with E-state index < -0.39 is 0 Å². The van der Waals surface area contributed by atoms with E-state index in [1.165, 1.54) is 0 Å². The molecular formula is C13H25N3O. The van der Waals surface area contributed by atoms with E-state index in [2.05, 4.69) is 22.8 Å². The fourth-order valence-electron chi connectivity index (χ4n) is 2.51. The lowest BCUT2D eigenvalue weighted by Gasteiger charge is -2.41. The highest BCUT2D eigenvalue weighted by Crippen LogP contribution is 2.13. The van der Waals surface area contributed by atoms with Crippen molar-refractivity contribution < 1.29 is 5.11 Å². The van der Waals surface area contributed by atoms with Crippen LogP contribution in [0.3, 0.4) is 0 Å². The Kier molecular flexibility index (Phi) is 6.49. The van der Waals surface area contributed by atoms with Gasteiger partial charge in [0.25, 0.3) is 0 Å². The first-order valence-corrected chi connectivity index (χ1v) is 6.68. The molecule has 1 heterocycles. The molecule has 98 valence electrons. The Bertz CT molecular complexity index is 250. The molecule has 2 atom stereocenters. The van der Waals surface area contributed by atoms with Gasteiger partial charge in [-0.2, -0.15) is 5.26 Å². The van der Waals surface area contributed by atoms with Crippen LogP contribution in [0.25, 0.3) is 0 Å². The van der Waals surface area contributed by atoms with Crippen LogP contribution in [0.5, 0.6) is 0 Å². The van der Waals surface area contributed by atoms with Crippen molar-refractivity contribution >= 4 is 0 Å². The Morgan fingerprint density at radius 1 is 1.47 bits per heavy atom. The summed E-state index contributed by atoms with van der Waals surface area (Å²) in [6.45, 7) is 9.06. The van der Waals surface area contributed by atoms with Crippen LogP contribution in [-0.2, 0) is 0 Å². The van der Waals surface area contributed by atoms with Crippen molar-refractivity contribution in [2.75, 3.05) is 32.7 Å². The van der Waals surface area contributed by atoms with Crippen LogP contribution in [0.2, 0.25) is 0 Å². The van der Waals surface area contributed by atoms with Crippen molar-refractivity contribution in [1.82, 2.24) is 9.80 Å². The lowest BCUT2D eigenvalue weighted by atomic mass is 10.1. The van der Waals surface area contributed by atoms with Gasteiger partial charge in [0, 0.05) is 38.6 Å². The molecule has 1 aliphatic heterocycles. The summed E-state index contributed by atoms with van der Waals surface area (Å²) in [5.41, 5.74) is 0. The fraction of sp³-hybridized carbons (Fsp3) is 0.923. The third-order valence-corrected chi connectivity index (χ3v) is 3.42. The van der Waals surface area contributed by atoms with Crippen LogP contribution < -0.4 is 0 Å². The van der Waals surface area contributed by atoms with Gasteiger partial charge in [0.1, 0.15) is 0 Å². The third kappa shape index (κ3) is 5.03. The Morgan fingerprint density at radius 3 is 2.82 bits per heavy atom. The molecule has 0 aromatic heterocycles.